The van der Waals surface area contributed by atoms with Crippen molar-refractivity contribution in [2.24, 2.45) is 5.41 Å². The van der Waals surface area contributed by atoms with E-state index in [1.54, 1.807) is 6.92 Å². The first-order valence-corrected chi connectivity index (χ1v) is 11.7. The van der Waals surface area contributed by atoms with E-state index in [0.29, 0.717) is 13.1 Å². The summed E-state index contributed by atoms with van der Waals surface area (Å²) >= 11 is 11.9. The van der Waals surface area contributed by atoms with Gasteiger partial charge in [0.1, 0.15) is 20.4 Å². The van der Waals surface area contributed by atoms with Crippen molar-refractivity contribution < 1.29 is 27.5 Å². The normalized spacial score (nSPS) is 23.5. The van der Waals surface area contributed by atoms with Crippen molar-refractivity contribution >= 4 is 50.8 Å². The zero-order valence-corrected chi connectivity index (χ0v) is 19.1. The Morgan fingerprint density at radius 1 is 1.20 bits per heavy atom. The molecule has 2 fully saturated rings. The van der Waals surface area contributed by atoms with Gasteiger partial charge in [0.15, 0.2) is 6.61 Å². The molecule has 1 unspecified atom stereocenters. The summed E-state index contributed by atoms with van der Waals surface area (Å²) in [5.41, 5.74) is -0.791. The number of benzene rings is 1. The van der Waals surface area contributed by atoms with Crippen molar-refractivity contribution in [3.05, 3.63) is 18.2 Å². The van der Waals surface area contributed by atoms with E-state index in [4.69, 9.17) is 32.7 Å². The van der Waals surface area contributed by atoms with Crippen LogP contribution in [0.1, 0.15) is 32.6 Å². The van der Waals surface area contributed by atoms with E-state index < -0.39 is 38.3 Å². The number of alkyl halides is 2. The van der Waals surface area contributed by atoms with Crippen LogP contribution in [0.25, 0.3) is 0 Å². The van der Waals surface area contributed by atoms with Gasteiger partial charge >= 0.3 is 5.97 Å². The molecule has 1 saturated heterocycles. The minimum Gasteiger partial charge on any atom is -0.495 e. The zero-order valence-electron chi connectivity index (χ0n) is 16.7. The lowest BCUT2D eigenvalue weighted by atomic mass is 10.1. The summed E-state index contributed by atoms with van der Waals surface area (Å²) in [6, 6.07) is 4.32. The lowest BCUT2D eigenvalue weighted by Crippen LogP contribution is -2.35. The molecular formula is C19H24Cl2N2O6S. The number of hydrogen-bond acceptors (Lipinski definition) is 6. The number of sulfonamides is 1. The van der Waals surface area contributed by atoms with Gasteiger partial charge in [0.2, 0.25) is 10.0 Å². The van der Waals surface area contributed by atoms with Crippen LogP contribution in [-0.2, 0) is 24.3 Å². The van der Waals surface area contributed by atoms with Gasteiger partial charge < -0.3 is 14.8 Å². The third kappa shape index (κ3) is 4.54. The fourth-order valence-corrected chi connectivity index (χ4v) is 5.70. The van der Waals surface area contributed by atoms with E-state index in [1.165, 1.54) is 29.6 Å². The van der Waals surface area contributed by atoms with E-state index in [0.717, 1.165) is 19.3 Å². The molecule has 0 aromatic heterocycles. The number of hydrogen-bond donors (Lipinski definition) is 1. The summed E-state index contributed by atoms with van der Waals surface area (Å²) in [5, 5.41) is 2.54. The number of amides is 1. The van der Waals surface area contributed by atoms with Crippen LogP contribution in [-0.4, -0.2) is 55.7 Å². The number of piperidine rings is 1. The Bertz CT molecular complexity index is 946. The second kappa shape index (κ2) is 8.53. The number of methoxy groups -OCH3 is 1. The van der Waals surface area contributed by atoms with Gasteiger partial charge in [0.25, 0.3) is 5.91 Å². The number of nitrogens with one attached hydrogen (secondary N) is 1. The minimum absolute atomic E-state index is 0.0266. The molecule has 1 aliphatic carbocycles. The number of anilines is 1. The molecule has 1 amide bonds. The molecule has 1 N–H and O–H groups in total. The van der Waals surface area contributed by atoms with Crippen molar-refractivity contribution in [2.75, 3.05) is 32.1 Å². The third-order valence-corrected chi connectivity index (χ3v) is 8.44. The second-order valence-corrected chi connectivity index (χ2v) is 11.1. The van der Waals surface area contributed by atoms with Gasteiger partial charge in [-0.15, -0.1) is 23.2 Å². The topological polar surface area (TPSA) is 102 Å². The standard InChI is InChI=1S/C19H24Cl2N2O6S/c1-18(12-19(18,20)21)17(25)29-11-16(24)22-13-6-7-14(28-2)15(10-13)30(26,27)23-8-4-3-5-9-23/h6-7,10H,3-5,8-9,11-12H2,1-2H3,(H,22,24). The SMILES string of the molecule is COc1ccc(NC(=O)COC(=O)C2(C)CC2(Cl)Cl)cc1S(=O)(=O)N1CCCCC1. The molecule has 1 saturated carbocycles. The molecule has 8 nitrogen and oxygen atoms in total. The highest BCUT2D eigenvalue weighted by Crippen LogP contribution is 2.64. The maximum atomic E-state index is 13.0. The number of carbonyl (C=O) groups excluding carboxylic acids is 2. The second-order valence-electron chi connectivity index (χ2n) is 7.67. The largest absolute Gasteiger partial charge is 0.495 e. The van der Waals surface area contributed by atoms with Gasteiger partial charge in [0, 0.05) is 25.2 Å². The molecule has 1 aliphatic heterocycles. The molecule has 1 atom stereocenters. The summed E-state index contributed by atoms with van der Waals surface area (Å²) < 4.78 is 36.5. The molecule has 30 heavy (non-hydrogen) atoms. The quantitative estimate of drug-likeness (QED) is 0.477. The average Bonchev–Trinajstić information content (AvgIpc) is 3.25. The van der Waals surface area contributed by atoms with Crippen LogP contribution in [0.2, 0.25) is 0 Å². The molecule has 2 aliphatic rings. The van der Waals surface area contributed by atoms with E-state index in [2.05, 4.69) is 5.32 Å². The average molecular weight is 479 g/mol. The number of ether oxygens (including phenoxy) is 2. The van der Waals surface area contributed by atoms with E-state index >= 15 is 0 Å². The Balaban J connectivity index is 1.69. The van der Waals surface area contributed by atoms with E-state index in [1.807, 2.05) is 0 Å². The summed E-state index contributed by atoms with van der Waals surface area (Å²) in [7, 11) is -2.39. The van der Waals surface area contributed by atoms with Gasteiger partial charge in [0.05, 0.1) is 7.11 Å². The third-order valence-electron chi connectivity index (χ3n) is 5.42. The number of carbonyl (C=O) groups is 2. The van der Waals surface area contributed by atoms with Crippen molar-refractivity contribution in [3.8, 4) is 5.75 Å². The van der Waals surface area contributed by atoms with Crippen LogP contribution in [0.5, 0.6) is 5.75 Å². The van der Waals surface area contributed by atoms with Crippen molar-refractivity contribution in [2.45, 2.75) is 41.8 Å². The highest BCUT2D eigenvalue weighted by Gasteiger charge is 2.69. The molecule has 0 radical (unpaired) electrons. The van der Waals surface area contributed by atoms with Gasteiger partial charge in [-0.05, 0) is 38.0 Å². The summed E-state index contributed by atoms with van der Waals surface area (Å²) in [6.45, 7) is 1.91. The molecule has 166 valence electrons. The van der Waals surface area contributed by atoms with Crippen LogP contribution in [0, 0.1) is 5.41 Å². The predicted octanol–water partition coefficient (Wildman–Crippen LogP) is 2.94. The van der Waals surface area contributed by atoms with Crippen LogP contribution in [0.15, 0.2) is 23.1 Å². The Hall–Kier alpha value is -1.55. The predicted molar refractivity (Wildman–Crippen MR) is 112 cm³/mol. The molecule has 1 aromatic rings. The Kier molecular flexibility index (Phi) is 6.57. The lowest BCUT2D eigenvalue weighted by Gasteiger charge is -2.26. The molecule has 3 rings (SSSR count). The molecular weight excluding hydrogens is 455 g/mol. The first kappa shape index (κ1) is 23.1. The molecule has 1 aromatic carbocycles. The first-order chi connectivity index (χ1) is 14.0. The summed E-state index contributed by atoms with van der Waals surface area (Å²) in [5.74, 6) is -1.09. The van der Waals surface area contributed by atoms with E-state index in [-0.39, 0.29) is 22.8 Å². The van der Waals surface area contributed by atoms with E-state index in [9.17, 15) is 18.0 Å². The van der Waals surface area contributed by atoms with Crippen molar-refractivity contribution in [1.29, 1.82) is 0 Å². The molecule has 11 heteroatoms. The first-order valence-electron chi connectivity index (χ1n) is 9.54. The summed E-state index contributed by atoms with van der Waals surface area (Å²) in [6.07, 6.45) is 2.84. The minimum atomic E-state index is -3.77. The van der Waals surface area contributed by atoms with Gasteiger partial charge in [-0.3, -0.25) is 9.59 Å². The number of esters is 1. The van der Waals surface area contributed by atoms with Crippen molar-refractivity contribution in [1.82, 2.24) is 4.31 Å². The Morgan fingerprint density at radius 3 is 2.40 bits per heavy atom. The molecule has 0 bridgehead atoms. The van der Waals surface area contributed by atoms with Crippen LogP contribution < -0.4 is 10.1 Å². The Morgan fingerprint density at radius 2 is 1.83 bits per heavy atom. The highest BCUT2D eigenvalue weighted by atomic mass is 35.5. The fraction of sp³-hybridized carbons (Fsp3) is 0.579. The molecule has 0 spiro atoms. The number of nitrogens with zero attached hydrogens (tertiary/aromatic N) is 1. The zero-order chi connectivity index (χ0) is 22.2. The van der Waals surface area contributed by atoms with Gasteiger partial charge in [-0.25, -0.2) is 8.42 Å². The fourth-order valence-electron chi connectivity index (χ4n) is 3.31. The van der Waals surface area contributed by atoms with Gasteiger partial charge in [-0.1, -0.05) is 6.42 Å². The maximum absolute atomic E-state index is 13.0. The van der Waals surface area contributed by atoms with Crippen LogP contribution >= 0.6 is 23.2 Å². The maximum Gasteiger partial charge on any atom is 0.315 e. The van der Waals surface area contributed by atoms with Crippen molar-refractivity contribution in [3.63, 3.8) is 0 Å². The summed E-state index contributed by atoms with van der Waals surface area (Å²) in [4.78, 5) is 24.2. The Labute approximate surface area is 185 Å². The smallest absolute Gasteiger partial charge is 0.315 e. The van der Waals surface area contributed by atoms with Crippen LogP contribution in [0.4, 0.5) is 5.69 Å². The number of halogens is 2. The van der Waals surface area contributed by atoms with Crippen LogP contribution in [0.3, 0.4) is 0 Å². The monoisotopic (exact) mass is 478 g/mol. The lowest BCUT2D eigenvalue weighted by molar-refractivity contribution is -0.152. The number of rotatable bonds is 7. The highest BCUT2D eigenvalue weighted by molar-refractivity contribution is 7.89. The molecule has 1 heterocycles. The van der Waals surface area contributed by atoms with Gasteiger partial charge in [-0.2, -0.15) is 4.31 Å².